The van der Waals surface area contributed by atoms with Crippen molar-refractivity contribution in [2.75, 3.05) is 20.1 Å². The van der Waals surface area contributed by atoms with E-state index in [-0.39, 0.29) is 0 Å². The summed E-state index contributed by atoms with van der Waals surface area (Å²) in [4.78, 5) is 2.40. The molecular formula is C10H18N2. The van der Waals surface area contributed by atoms with Gasteiger partial charge in [-0.15, -0.1) is 0 Å². The van der Waals surface area contributed by atoms with Crippen LogP contribution < -0.4 is 5.73 Å². The molecule has 0 aromatic rings. The molecule has 2 nitrogen and oxygen atoms in total. The molecule has 1 aliphatic carbocycles. The van der Waals surface area contributed by atoms with Gasteiger partial charge in [0.2, 0.25) is 0 Å². The van der Waals surface area contributed by atoms with Gasteiger partial charge in [-0.25, -0.2) is 0 Å². The molecule has 1 aliphatic heterocycles. The fourth-order valence-corrected chi connectivity index (χ4v) is 2.39. The summed E-state index contributed by atoms with van der Waals surface area (Å²) in [5, 5.41) is 0. The van der Waals surface area contributed by atoms with E-state index in [1.54, 1.807) is 0 Å². The van der Waals surface area contributed by atoms with Gasteiger partial charge in [0, 0.05) is 6.04 Å². The van der Waals surface area contributed by atoms with E-state index >= 15 is 0 Å². The Balaban J connectivity index is 2.04. The highest BCUT2D eigenvalue weighted by atomic mass is 15.1. The van der Waals surface area contributed by atoms with Crippen LogP contribution in [0.3, 0.4) is 0 Å². The van der Waals surface area contributed by atoms with Crippen molar-refractivity contribution in [3.8, 4) is 0 Å². The smallest absolute Gasteiger partial charge is 0.0285 e. The topological polar surface area (TPSA) is 29.3 Å². The SMILES string of the molecule is CN1CCC2(CC=C[C@H]2N)CC1. The fourth-order valence-electron chi connectivity index (χ4n) is 2.39. The molecule has 0 radical (unpaired) electrons. The highest BCUT2D eigenvalue weighted by Gasteiger charge is 2.39. The lowest BCUT2D eigenvalue weighted by molar-refractivity contribution is 0.119. The fraction of sp³-hybridized carbons (Fsp3) is 0.800. The number of hydrogen-bond acceptors (Lipinski definition) is 2. The second kappa shape index (κ2) is 2.86. The molecule has 0 amide bonds. The largest absolute Gasteiger partial charge is 0.324 e. The van der Waals surface area contributed by atoms with E-state index in [4.69, 9.17) is 5.73 Å². The van der Waals surface area contributed by atoms with Crippen molar-refractivity contribution in [1.82, 2.24) is 4.90 Å². The minimum atomic E-state index is 0.325. The zero-order chi connectivity index (χ0) is 8.60. The molecular weight excluding hydrogens is 148 g/mol. The zero-order valence-electron chi connectivity index (χ0n) is 7.79. The summed E-state index contributed by atoms with van der Waals surface area (Å²) in [5.74, 6) is 0. The van der Waals surface area contributed by atoms with Crippen molar-refractivity contribution in [2.24, 2.45) is 11.1 Å². The lowest BCUT2D eigenvalue weighted by Crippen LogP contribution is -2.45. The Bertz CT molecular complexity index is 190. The molecule has 2 N–H and O–H groups in total. The Hall–Kier alpha value is -0.340. The number of piperidine rings is 1. The van der Waals surface area contributed by atoms with Crippen LogP contribution in [0.4, 0.5) is 0 Å². The lowest BCUT2D eigenvalue weighted by Gasteiger charge is -2.40. The molecule has 0 aromatic heterocycles. The summed E-state index contributed by atoms with van der Waals surface area (Å²) < 4.78 is 0. The maximum Gasteiger partial charge on any atom is 0.0285 e. The first-order valence-electron chi connectivity index (χ1n) is 4.84. The van der Waals surface area contributed by atoms with Gasteiger partial charge in [-0.05, 0) is 44.8 Å². The minimum Gasteiger partial charge on any atom is -0.324 e. The Morgan fingerprint density at radius 3 is 2.58 bits per heavy atom. The molecule has 1 spiro atoms. The molecule has 2 heteroatoms. The van der Waals surface area contributed by atoms with Crippen LogP contribution in [-0.4, -0.2) is 31.1 Å². The van der Waals surface area contributed by atoms with Gasteiger partial charge in [0.1, 0.15) is 0 Å². The quantitative estimate of drug-likeness (QED) is 0.544. The van der Waals surface area contributed by atoms with E-state index < -0.39 is 0 Å². The molecule has 2 rings (SSSR count). The minimum absolute atomic E-state index is 0.325. The van der Waals surface area contributed by atoms with Crippen LogP contribution in [0.5, 0.6) is 0 Å². The predicted molar refractivity (Wildman–Crippen MR) is 50.9 cm³/mol. The Morgan fingerprint density at radius 1 is 1.42 bits per heavy atom. The molecule has 0 bridgehead atoms. The van der Waals surface area contributed by atoms with Crippen LogP contribution in [0.25, 0.3) is 0 Å². The third-order valence-corrected chi connectivity index (χ3v) is 3.56. The summed E-state index contributed by atoms with van der Waals surface area (Å²) in [6.45, 7) is 2.44. The summed E-state index contributed by atoms with van der Waals surface area (Å²) in [5.41, 5.74) is 6.52. The van der Waals surface area contributed by atoms with Crippen molar-refractivity contribution in [2.45, 2.75) is 25.3 Å². The van der Waals surface area contributed by atoms with E-state index in [9.17, 15) is 0 Å². The summed E-state index contributed by atoms with van der Waals surface area (Å²) in [6.07, 6.45) is 8.21. The number of hydrogen-bond donors (Lipinski definition) is 1. The van der Waals surface area contributed by atoms with E-state index in [2.05, 4.69) is 24.1 Å². The number of allylic oxidation sites excluding steroid dienone is 1. The Kier molecular flexibility index (Phi) is 1.97. The standard InChI is InChI=1S/C10H18N2/c1-12-7-5-10(6-8-12)4-2-3-9(10)11/h2-3,9H,4-8,11H2,1H3/t9-/m1/s1. The van der Waals surface area contributed by atoms with Gasteiger partial charge in [-0.3, -0.25) is 0 Å². The number of nitrogens with zero attached hydrogens (tertiary/aromatic N) is 1. The molecule has 2 aliphatic rings. The third kappa shape index (κ3) is 1.19. The highest BCUT2D eigenvalue weighted by Crippen LogP contribution is 2.41. The molecule has 12 heavy (non-hydrogen) atoms. The first-order chi connectivity index (χ1) is 5.73. The van der Waals surface area contributed by atoms with Crippen molar-refractivity contribution in [1.29, 1.82) is 0 Å². The van der Waals surface area contributed by atoms with Gasteiger partial charge in [-0.1, -0.05) is 12.2 Å². The van der Waals surface area contributed by atoms with Gasteiger partial charge in [0.15, 0.2) is 0 Å². The average molecular weight is 166 g/mol. The van der Waals surface area contributed by atoms with Crippen LogP contribution >= 0.6 is 0 Å². The monoisotopic (exact) mass is 166 g/mol. The molecule has 1 saturated heterocycles. The number of likely N-dealkylation sites (tertiary alicyclic amines) is 1. The van der Waals surface area contributed by atoms with Gasteiger partial charge in [-0.2, -0.15) is 0 Å². The molecule has 68 valence electrons. The zero-order valence-corrected chi connectivity index (χ0v) is 7.79. The van der Waals surface area contributed by atoms with Gasteiger partial charge in [0.05, 0.1) is 0 Å². The maximum atomic E-state index is 6.08. The molecule has 1 heterocycles. The number of nitrogens with two attached hydrogens (primary N) is 1. The van der Waals surface area contributed by atoms with Crippen molar-refractivity contribution in [3.05, 3.63) is 12.2 Å². The second-order valence-corrected chi connectivity index (χ2v) is 4.32. The van der Waals surface area contributed by atoms with Crippen LogP contribution in [0.15, 0.2) is 12.2 Å². The van der Waals surface area contributed by atoms with Gasteiger partial charge in [0.25, 0.3) is 0 Å². The van der Waals surface area contributed by atoms with E-state index in [1.807, 2.05) is 0 Å². The van der Waals surface area contributed by atoms with E-state index in [0.29, 0.717) is 11.5 Å². The first kappa shape index (κ1) is 8.27. The maximum absolute atomic E-state index is 6.08. The predicted octanol–water partition coefficient (Wildman–Crippen LogP) is 0.986. The van der Waals surface area contributed by atoms with E-state index in [1.165, 1.54) is 32.4 Å². The molecule has 0 aromatic carbocycles. The summed E-state index contributed by atoms with van der Waals surface area (Å²) in [7, 11) is 2.20. The first-order valence-corrected chi connectivity index (χ1v) is 4.84. The van der Waals surface area contributed by atoms with Gasteiger partial charge >= 0.3 is 0 Å². The Morgan fingerprint density at radius 2 is 2.08 bits per heavy atom. The molecule has 0 unspecified atom stereocenters. The normalized spacial score (nSPS) is 34.7. The molecule has 0 saturated carbocycles. The average Bonchev–Trinajstić information content (AvgIpc) is 2.41. The summed E-state index contributed by atoms with van der Waals surface area (Å²) in [6, 6.07) is 0.325. The lowest BCUT2D eigenvalue weighted by atomic mass is 9.74. The summed E-state index contributed by atoms with van der Waals surface area (Å²) >= 11 is 0. The number of rotatable bonds is 0. The van der Waals surface area contributed by atoms with Crippen LogP contribution in [0.1, 0.15) is 19.3 Å². The second-order valence-electron chi connectivity index (χ2n) is 4.32. The van der Waals surface area contributed by atoms with Gasteiger partial charge < -0.3 is 10.6 Å². The van der Waals surface area contributed by atoms with Crippen LogP contribution in [0.2, 0.25) is 0 Å². The third-order valence-electron chi connectivity index (χ3n) is 3.56. The van der Waals surface area contributed by atoms with E-state index in [0.717, 1.165) is 0 Å². The van der Waals surface area contributed by atoms with Crippen LogP contribution in [-0.2, 0) is 0 Å². The van der Waals surface area contributed by atoms with Crippen LogP contribution in [0, 0.1) is 5.41 Å². The Labute approximate surface area is 74.4 Å². The molecule has 1 fully saturated rings. The molecule has 1 atom stereocenters. The van der Waals surface area contributed by atoms with Crippen molar-refractivity contribution in [3.63, 3.8) is 0 Å². The highest BCUT2D eigenvalue weighted by molar-refractivity contribution is 5.13. The van der Waals surface area contributed by atoms with Crippen molar-refractivity contribution >= 4 is 0 Å². The van der Waals surface area contributed by atoms with Crippen molar-refractivity contribution < 1.29 is 0 Å².